The van der Waals surface area contributed by atoms with Crippen LogP contribution in [0.25, 0.3) is 0 Å². The molecule has 4 aliphatic carbocycles. The third-order valence-corrected chi connectivity index (χ3v) is 9.98. The molecular weight excluding hydrogens is 412 g/mol. The van der Waals surface area contributed by atoms with E-state index in [0.717, 1.165) is 37.7 Å². The van der Waals surface area contributed by atoms with E-state index in [-0.39, 0.29) is 28.8 Å². The second-order valence-corrected chi connectivity index (χ2v) is 12.7. The SMILES string of the molecule is CC(=O)O[C@H]1C=C[C@@]2(C)C(=CC(=O)[C@H]3[C@@H]4CC[C@H]([C@H](C)CCCC(C)(C)O)[C@@]4(C)CC[C@@H]32)C1. The first-order valence-electron chi connectivity index (χ1n) is 13.2. The topological polar surface area (TPSA) is 63.6 Å². The molecule has 4 nitrogen and oxygen atoms in total. The van der Waals surface area contributed by atoms with Gasteiger partial charge in [-0.25, -0.2) is 0 Å². The van der Waals surface area contributed by atoms with Gasteiger partial charge in [0.05, 0.1) is 5.60 Å². The highest BCUT2D eigenvalue weighted by molar-refractivity contribution is 5.95. The number of aliphatic hydroxyl groups is 1. The summed E-state index contributed by atoms with van der Waals surface area (Å²) in [4.78, 5) is 25.0. The van der Waals surface area contributed by atoms with Gasteiger partial charge in [-0.2, -0.15) is 0 Å². The van der Waals surface area contributed by atoms with E-state index in [2.05, 4.69) is 32.9 Å². The number of allylic oxidation sites excluding steroid dienone is 2. The van der Waals surface area contributed by atoms with Crippen LogP contribution in [0.4, 0.5) is 0 Å². The van der Waals surface area contributed by atoms with E-state index >= 15 is 0 Å². The van der Waals surface area contributed by atoms with E-state index in [0.29, 0.717) is 35.9 Å². The van der Waals surface area contributed by atoms with Crippen molar-refractivity contribution in [3.05, 3.63) is 23.8 Å². The lowest BCUT2D eigenvalue weighted by Gasteiger charge is -2.56. The van der Waals surface area contributed by atoms with Crippen molar-refractivity contribution < 1.29 is 19.4 Å². The molecule has 0 bridgehead atoms. The van der Waals surface area contributed by atoms with Crippen molar-refractivity contribution in [2.45, 2.75) is 105 Å². The van der Waals surface area contributed by atoms with Crippen molar-refractivity contribution in [2.75, 3.05) is 0 Å². The number of carbonyl (C=O) groups is 2. The molecule has 8 atom stereocenters. The van der Waals surface area contributed by atoms with E-state index < -0.39 is 5.60 Å². The van der Waals surface area contributed by atoms with E-state index in [9.17, 15) is 14.7 Å². The van der Waals surface area contributed by atoms with Gasteiger partial charge in [-0.05, 0) is 87.2 Å². The summed E-state index contributed by atoms with van der Waals surface area (Å²) in [6.45, 7) is 12.4. The van der Waals surface area contributed by atoms with Crippen LogP contribution in [-0.4, -0.2) is 28.6 Å². The van der Waals surface area contributed by atoms with Crippen LogP contribution in [0.1, 0.15) is 92.9 Å². The molecule has 0 radical (unpaired) electrons. The Morgan fingerprint density at radius 2 is 1.97 bits per heavy atom. The Morgan fingerprint density at radius 3 is 2.64 bits per heavy atom. The van der Waals surface area contributed by atoms with E-state index in [4.69, 9.17) is 4.74 Å². The Morgan fingerprint density at radius 1 is 1.24 bits per heavy atom. The highest BCUT2D eigenvalue weighted by atomic mass is 16.5. The summed E-state index contributed by atoms with van der Waals surface area (Å²) in [5.41, 5.74) is 0.689. The van der Waals surface area contributed by atoms with Gasteiger partial charge in [0, 0.05) is 24.7 Å². The maximum atomic E-state index is 13.6. The molecule has 0 aromatic heterocycles. The predicted octanol–water partition coefficient (Wildman–Crippen LogP) is 6.03. The molecule has 2 fully saturated rings. The largest absolute Gasteiger partial charge is 0.458 e. The van der Waals surface area contributed by atoms with Gasteiger partial charge in [0.25, 0.3) is 0 Å². The molecule has 4 heteroatoms. The number of esters is 1. The third kappa shape index (κ3) is 4.49. The molecule has 0 heterocycles. The molecule has 0 aromatic carbocycles. The Bertz CT molecular complexity index is 848. The quantitative estimate of drug-likeness (QED) is 0.391. The lowest BCUT2D eigenvalue weighted by molar-refractivity contribution is -0.144. The maximum absolute atomic E-state index is 13.6. The van der Waals surface area contributed by atoms with Gasteiger partial charge in [0.2, 0.25) is 0 Å². The molecule has 2 saturated carbocycles. The highest BCUT2D eigenvalue weighted by Crippen LogP contribution is 2.66. The molecule has 0 saturated heterocycles. The zero-order chi connectivity index (χ0) is 24.2. The molecule has 4 rings (SSSR count). The minimum absolute atomic E-state index is 0.104. The van der Waals surface area contributed by atoms with Gasteiger partial charge in [0.1, 0.15) is 6.10 Å². The van der Waals surface area contributed by atoms with Crippen molar-refractivity contribution >= 4 is 11.8 Å². The van der Waals surface area contributed by atoms with Crippen LogP contribution in [0, 0.1) is 40.4 Å². The first-order chi connectivity index (χ1) is 15.3. The average Bonchev–Trinajstić information content (AvgIpc) is 3.05. The normalized spacial score (nSPS) is 41.0. The van der Waals surface area contributed by atoms with Crippen molar-refractivity contribution in [1.82, 2.24) is 0 Å². The Kier molecular flexibility index (Phi) is 6.48. The molecule has 0 aliphatic heterocycles. The van der Waals surface area contributed by atoms with E-state index in [1.54, 1.807) is 0 Å². The maximum Gasteiger partial charge on any atom is 0.303 e. The molecule has 0 unspecified atom stereocenters. The van der Waals surface area contributed by atoms with Gasteiger partial charge in [-0.3, -0.25) is 9.59 Å². The van der Waals surface area contributed by atoms with E-state index in [1.807, 2.05) is 19.9 Å². The molecule has 184 valence electrons. The number of hydrogen-bond acceptors (Lipinski definition) is 4. The fraction of sp³-hybridized carbons (Fsp3) is 0.793. The molecule has 33 heavy (non-hydrogen) atoms. The van der Waals surface area contributed by atoms with Crippen LogP contribution >= 0.6 is 0 Å². The summed E-state index contributed by atoms with van der Waals surface area (Å²) in [5, 5.41) is 10.1. The number of ketones is 1. The highest BCUT2D eigenvalue weighted by Gasteiger charge is 2.60. The fourth-order valence-corrected chi connectivity index (χ4v) is 8.30. The zero-order valence-electron chi connectivity index (χ0n) is 21.5. The summed E-state index contributed by atoms with van der Waals surface area (Å²) in [5.74, 6) is 2.25. The fourth-order valence-electron chi connectivity index (χ4n) is 8.30. The monoisotopic (exact) mass is 456 g/mol. The van der Waals surface area contributed by atoms with Gasteiger partial charge < -0.3 is 9.84 Å². The summed E-state index contributed by atoms with van der Waals surface area (Å²) in [6, 6.07) is 0. The van der Waals surface area contributed by atoms with Gasteiger partial charge >= 0.3 is 5.97 Å². The number of rotatable bonds is 6. The number of fused-ring (bicyclic) bond motifs is 5. The minimum atomic E-state index is -0.587. The summed E-state index contributed by atoms with van der Waals surface area (Å²) in [6.07, 6.45) is 14.3. The molecule has 1 N–H and O–H groups in total. The second kappa shape index (κ2) is 8.66. The van der Waals surface area contributed by atoms with Crippen LogP contribution in [-0.2, 0) is 14.3 Å². The summed E-state index contributed by atoms with van der Waals surface area (Å²) in [7, 11) is 0. The van der Waals surface area contributed by atoms with Crippen LogP contribution in [0.3, 0.4) is 0 Å². The Balaban J connectivity index is 1.52. The molecular formula is C29H44O4. The first-order valence-corrected chi connectivity index (χ1v) is 13.2. The van der Waals surface area contributed by atoms with Crippen molar-refractivity contribution in [2.24, 2.45) is 40.4 Å². The van der Waals surface area contributed by atoms with Gasteiger partial charge in [-0.1, -0.05) is 45.3 Å². The second-order valence-electron chi connectivity index (χ2n) is 12.7. The third-order valence-electron chi connectivity index (χ3n) is 9.98. The smallest absolute Gasteiger partial charge is 0.303 e. The molecule has 0 spiro atoms. The Hall–Kier alpha value is -1.42. The standard InChI is InChI=1S/C29H44O4/c1-18(8-7-13-27(3,4)32)22-9-10-23-26-24(12-15-29(22,23)6)28(5)14-11-21(33-19(2)30)16-20(28)17-25(26)31/h11,14,17-18,21-24,26,32H,7-10,12-13,15-16H2,1-6H3/t18-,21+,22-,23+,24+,26+,28+,29-/m1/s1. The van der Waals surface area contributed by atoms with Gasteiger partial charge in [-0.15, -0.1) is 0 Å². The number of carbonyl (C=O) groups excluding carboxylic acids is 2. The molecule has 0 aromatic rings. The molecule has 4 aliphatic rings. The van der Waals surface area contributed by atoms with E-state index in [1.165, 1.54) is 19.8 Å². The van der Waals surface area contributed by atoms with Crippen LogP contribution in [0.15, 0.2) is 23.8 Å². The van der Waals surface area contributed by atoms with Crippen molar-refractivity contribution in [3.8, 4) is 0 Å². The summed E-state index contributed by atoms with van der Waals surface area (Å²) < 4.78 is 5.44. The van der Waals surface area contributed by atoms with Crippen molar-refractivity contribution in [1.29, 1.82) is 0 Å². The zero-order valence-corrected chi connectivity index (χ0v) is 21.5. The minimum Gasteiger partial charge on any atom is -0.458 e. The van der Waals surface area contributed by atoms with Gasteiger partial charge in [0.15, 0.2) is 5.78 Å². The molecule has 0 amide bonds. The Labute approximate surface area is 200 Å². The van der Waals surface area contributed by atoms with Crippen LogP contribution < -0.4 is 0 Å². The van der Waals surface area contributed by atoms with Crippen molar-refractivity contribution in [3.63, 3.8) is 0 Å². The van der Waals surface area contributed by atoms with Crippen LogP contribution in [0.5, 0.6) is 0 Å². The lowest BCUT2D eigenvalue weighted by Crippen LogP contribution is -2.53. The number of hydrogen-bond donors (Lipinski definition) is 1. The van der Waals surface area contributed by atoms with Crippen LogP contribution in [0.2, 0.25) is 0 Å². The average molecular weight is 457 g/mol. The predicted molar refractivity (Wildman–Crippen MR) is 130 cm³/mol. The first kappa shape index (κ1) is 24.7. The summed E-state index contributed by atoms with van der Waals surface area (Å²) >= 11 is 0. The number of ether oxygens (including phenoxy) is 1. The lowest BCUT2D eigenvalue weighted by atomic mass is 9.47.